The van der Waals surface area contributed by atoms with Gasteiger partial charge in [0.05, 0.1) is 11.5 Å². The molecule has 0 radical (unpaired) electrons. The summed E-state index contributed by atoms with van der Waals surface area (Å²) in [7, 11) is 0. The normalized spacial score (nSPS) is 15.7. The summed E-state index contributed by atoms with van der Waals surface area (Å²) >= 11 is -3.81. The first-order valence-electron chi connectivity index (χ1n) is 3.64. The fraction of sp³-hybridized carbons (Fsp3) is 0.800. The molecule has 0 bridgehead atoms. The van der Waals surface area contributed by atoms with E-state index >= 15 is 0 Å². The van der Waals surface area contributed by atoms with Crippen LogP contribution in [-0.2, 0) is 27.0 Å². The van der Waals surface area contributed by atoms with Gasteiger partial charge in [0.25, 0.3) is 0 Å². The van der Waals surface area contributed by atoms with Crippen LogP contribution in [0.1, 0.15) is 0 Å². The monoisotopic (exact) mass is 262 g/mol. The zero-order chi connectivity index (χ0) is 12.4. The van der Waals surface area contributed by atoms with Crippen molar-refractivity contribution in [3.8, 4) is 0 Å². The highest BCUT2D eigenvalue weighted by Crippen LogP contribution is 1.81. The summed E-state index contributed by atoms with van der Waals surface area (Å²) in [4.78, 5) is 9.86. The molecule has 3 atom stereocenters. The lowest BCUT2D eigenvalue weighted by Crippen LogP contribution is -2.35. The Kier molecular flexibility index (Phi) is 11.5. The summed E-state index contributed by atoms with van der Waals surface area (Å²) in [6.45, 7) is 0.281. The molecule has 8 nitrogen and oxygen atoms in total. The van der Waals surface area contributed by atoms with Crippen LogP contribution in [0.3, 0.4) is 0 Å². The fourth-order valence-corrected chi connectivity index (χ4v) is 0.977. The van der Waals surface area contributed by atoms with Crippen LogP contribution in [0.5, 0.6) is 0 Å². The number of carboxylic acids is 1. The highest BCUT2D eigenvalue weighted by Gasteiger charge is 2.13. The predicted molar refractivity (Wildman–Crippen MR) is 55.9 cm³/mol. The minimum atomic E-state index is -2.12. The Bertz CT molecular complexity index is 236. The van der Waals surface area contributed by atoms with Crippen LogP contribution in [0.4, 0.5) is 0 Å². The number of hydrogen-bond acceptors (Lipinski definition) is 5. The molecule has 0 spiro atoms. The van der Waals surface area contributed by atoms with Crippen molar-refractivity contribution in [3.63, 3.8) is 0 Å². The van der Waals surface area contributed by atoms with Crippen molar-refractivity contribution in [2.24, 2.45) is 11.5 Å². The first-order valence-corrected chi connectivity index (χ1v) is 6.19. The highest BCUT2D eigenvalue weighted by molar-refractivity contribution is 7.79. The molecule has 92 valence electrons. The summed E-state index contributed by atoms with van der Waals surface area (Å²) in [5.41, 5.74) is 9.74. The summed E-state index contributed by atoms with van der Waals surface area (Å²) in [5, 5.41) is 8.06. The smallest absolute Gasteiger partial charge is 0.321 e. The Balaban J connectivity index is 0. The third kappa shape index (κ3) is 16.3. The summed E-state index contributed by atoms with van der Waals surface area (Å²) in [6.07, 6.45) is 0. The van der Waals surface area contributed by atoms with E-state index in [1.54, 1.807) is 0 Å². The van der Waals surface area contributed by atoms with Crippen LogP contribution >= 0.6 is 0 Å². The van der Waals surface area contributed by atoms with Crippen LogP contribution in [0.25, 0.3) is 0 Å². The number of hydrogen-bond donors (Lipinski definition) is 5. The van der Waals surface area contributed by atoms with Crippen LogP contribution in [-0.4, -0.2) is 52.7 Å². The quantitative estimate of drug-likeness (QED) is 0.348. The van der Waals surface area contributed by atoms with E-state index in [-0.39, 0.29) is 12.3 Å². The van der Waals surface area contributed by atoms with Gasteiger partial charge in [-0.2, -0.15) is 0 Å². The van der Waals surface area contributed by atoms with Gasteiger partial charge >= 0.3 is 5.97 Å². The maximum absolute atomic E-state index is 9.88. The fourth-order valence-electron chi connectivity index (χ4n) is 0.326. The molecular weight excluding hydrogens is 248 g/mol. The molecule has 3 unspecified atom stereocenters. The lowest BCUT2D eigenvalue weighted by Gasteiger charge is -1.99. The van der Waals surface area contributed by atoms with Crippen molar-refractivity contribution >= 4 is 28.1 Å². The van der Waals surface area contributed by atoms with Gasteiger partial charge in [-0.15, -0.1) is 0 Å². The Hall–Kier alpha value is -0.390. The van der Waals surface area contributed by atoms with Crippen LogP contribution in [0.2, 0.25) is 0 Å². The molecule has 0 aliphatic rings. The number of nitrogens with two attached hydrogens (primary N) is 2. The molecule has 0 aliphatic carbocycles. The standard InChI is InChI=1S/C3H7NO4S.C2H7NO2S/c4-2(3(5)6)1-9(7)8;3-1-2-6(4)5/h2H,1,4H2,(H,5,6)(H,7,8);1-3H2,(H,4,5). The van der Waals surface area contributed by atoms with Gasteiger partial charge in [-0.25, -0.2) is 8.42 Å². The minimum absolute atomic E-state index is 0.181. The Morgan fingerprint density at radius 3 is 1.80 bits per heavy atom. The molecule has 0 aromatic rings. The highest BCUT2D eigenvalue weighted by atomic mass is 32.2. The predicted octanol–water partition coefficient (Wildman–Crippen LogP) is -2.21. The van der Waals surface area contributed by atoms with Crippen molar-refractivity contribution in [1.29, 1.82) is 0 Å². The van der Waals surface area contributed by atoms with Gasteiger partial charge in [0, 0.05) is 6.54 Å². The topological polar surface area (TPSA) is 164 Å². The molecule has 0 aromatic carbocycles. The average Bonchev–Trinajstić information content (AvgIpc) is 2.03. The maximum Gasteiger partial charge on any atom is 0.321 e. The van der Waals surface area contributed by atoms with Gasteiger partial charge in [-0.3, -0.25) is 4.79 Å². The molecule has 0 amide bonds. The molecule has 0 saturated carbocycles. The molecule has 0 saturated heterocycles. The second-order valence-corrected chi connectivity index (χ2v) is 4.27. The summed E-state index contributed by atoms with van der Waals surface area (Å²) in [5.74, 6) is -1.51. The van der Waals surface area contributed by atoms with Crippen molar-refractivity contribution in [2.45, 2.75) is 6.04 Å². The minimum Gasteiger partial charge on any atom is -0.480 e. The molecule has 15 heavy (non-hydrogen) atoms. The van der Waals surface area contributed by atoms with E-state index in [2.05, 4.69) is 0 Å². The molecule has 0 fully saturated rings. The molecular formula is C5H14N2O6S2. The Labute approximate surface area is 91.6 Å². The van der Waals surface area contributed by atoms with E-state index in [4.69, 9.17) is 25.7 Å². The van der Waals surface area contributed by atoms with Gasteiger partial charge in [0.1, 0.15) is 6.04 Å². The first-order chi connectivity index (χ1) is 6.81. The Morgan fingerprint density at radius 2 is 1.73 bits per heavy atom. The second kappa shape index (κ2) is 10.1. The van der Waals surface area contributed by atoms with Crippen molar-refractivity contribution in [1.82, 2.24) is 0 Å². The molecule has 0 heterocycles. The molecule has 0 aromatic heterocycles. The van der Waals surface area contributed by atoms with E-state index < -0.39 is 39.9 Å². The third-order valence-corrected chi connectivity index (χ3v) is 2.16. The van der Waals surface area contributed by atoms with Gasteiger partial charge in [-0.1, -0.05) is 0 Å². The molecule has 0 aliphatic heterocycles. The van der Waals surface area contributed by atoms with Crippen molar-refractivity contribution < 1.29 is 27.4 Å². The summed E-state index contributed by atoms with van der Waals surface area (Å²) < 4.78 is 35.6. The number of carboxylic acid groups (broad SMARTS) is 1. The van der Waals surface area contributed by atoms with Crippen molar-refractivity contribution in [2.75, 3.05) is 18.1 Å². The Morgan fingerprint density at radius 1 is 1.27 bits per heavy atom. The van der Waals surface area contributed by atoms with Crippen LogP contribution in [0, 0.1) is 0 Å². The molecule has 0 rings (SSSR count). The van der Waals surface area contributed by atoms with Crippen LogP contribution in [0.15, 0.2) is 0 Å². The first kappa shape index (κ1) is 17.0. The second-order valence-electron chi connectivity index (χ2n) is 2.25. The number of aliphatic carboxylic acids is 1. The SMILES string of the molecule is NC(CS(=O)O)C(=O)O.NCCS(=O)O. The van der Waals surface area contributed by atoms with Crippen LogP contribution < -0.4 is 11.5 Å². The summed E-state index contributed by atoms with van der Waals surface area (Å²) in [6, 6.07) is -1.24. The van der Waals surface area contributed by atoms with Gasteiger partial charge in [0.15, 0.2) is 22.2 Å². The average molecular weight is 262 g/mol. The van der Waals surface area contributed by atoms with Crippen molar-refractivity contribution in [3.05, 3.63) is 0 Å². The largest absolute Gasteiger partial charge is 0.480 e. The number of carbonyl (C=O) groups is 1. The van der Waals surface area contributed by atoms with Gasteiger partial charge in [-0.05, 0) is 0 Å². The van der Waals surface area contributed by atoms with Gasteiger partial charge in [0.2, 0.25) is 0 Å². The lowest BCUT2D eigenvalue weighted by atomic mass is 10.4. The van der Waals surface area contributed by atoms with E-state index in [0.29, 0.717) is 0 Å². The third-order valence-electron chi connectivity index (χ3n) is 0.932. The zero-order valence-corrected chi connectivity index (χ0v) is 9.37. The number of rotatable bonds is 5. The molecule has 10 heteroatoms. The van der Waals surface area contributed by atoms with E-state index in [9.17, 15) is 13.2 Å². The maximum atomic E-state index is 9.88. The van der Waals surface area contributed by atoms with E-state index in [1.165, 1.54) is 0 Å². The van der Waals surface area contributed by atoms with E-state index in [1.807, 2.05) is 0 Å². The lowest BCUT2D eigenvalue weighted by molar-refractivity contribution is -0.137. The molecule has 7 N–H and O–H groups in total. The zero-order valence-electron chi connectivity index (χ0n) is 7.74. The van der Waals surface area contributed by atoms with E-state index in [0.717, 1.165) is 0 Å². The van der Waals surface area contributed by atoms with Gasteiger partial charge < -0.3 is 25.7 Å².